The van der Waals surface area contributed by atoms with Crippen LogP contribution >= 0.6 is 0 Å². The number of nitrogens with one attached hydrogen (secondary N) is 1. The molecule has 1 aromatic rings. The minimum Gasteiger partial charge on any atom is -0.429 e. The zero-order valence-electron chi connectivity index (χ0n) is 12.1. The molecule has 0 amide bonds. The second kappa shape index (κ2) is 8.32. The van der Waals surface area contributed by atoms with E-state index >= 15 is 0 Å². The maximum atomic E-state index is 11.7. The van der Waals surface area contributed by atoms with Crippen LogP contribution in [-0.4, -0.2) is 25.2 Å². The smallest absolute Gasteiger partial charge is 0.429 e. The van der Waals surface area contributed by atoms with Crippen LogP contribution in [0.2, 0.25) is 0 Å². The Morgan fingerprint density at radius 2 is 1.85 bits per heavy atom. The number of carbonyl (C=O) groups is 2. The number of ether oxygens (including phenoxy) is 2. The van der Waals surface area contributed by atoms with E-state index in [0.717, 1.165) is 5.56 Å². The third-order valence-electron chi connectivity index (χ3n) is 2.72. The third-order valence-corrected chi connectivity index (χ3v) is 2.72. The lowest BCUT2D eigenvalue weighted by atomic mass is 10.0. The first-order valence-electron chi connectivity index (χ1n) is 6.62. The Bertz CT molecular complexity index is 431. The predicted octanol–water partition coefficient (Wildman–Crippen LogP) is 2.50. The van der Waals surface area contributed by atoms with Gasteiger partial charge in [-0.05, 0) is 24.9 Å². The van der Waals surface area contributed by atoms with Gasteiger partial charge >= 0.3 is 12.1 Å². The molecular weight excluding hydrogens is 258 g/mol. The van der Waals surface area contributed by atoms with Crippen molar-refractivity contribution in [2.75, 3.05) is 7.05 Å². The molecule has 1 N–H and O–H groups in total. The molecule has 0 radical (unpaired) electrons. The van der Waals surface area contributed by atoms with Crippen molar-refractivity contribution in [1.82, 2.24) is 5.32 Å². The Morgan fingerprint density at radius 3 is 2.40 bits per heavy atom. The number of esters is 1. The number of hydrogen-bond donors (Lipinski definition) is 1. The molecule has 0 aromatic heterocycles. The average molecular weight is 279 g/mol. The maximum Gasteiger partial charge on any atom is 0.516 e. The normalized spacial score (nSPS) is 12.0. The van der Waals surface area contributed by atoms with Crippen LogP contribution < -0.4 is 5.32 Å². The van der Waals surface area contributed by atoms with E-state index in [0.29, 0.717) is 12.3 Å². The van der Waals surface area contributed by atoms with E-state index in [1.807, 2.05) is 44.2 Å². The van der Waals surface area contributed by atoms with Gasteiger partial charge in [0, 0.05) is 0 Å². The van der Waals surface area contributed by atoms with Crippen molar-refractivity contribution >= 4 is 12.1 Å². The van der Waals surface area contributed by atoms with E-state index in [1.54, 1.807) is 7.05 Å². The molecule has 110 valence electrons. The van der Waals surface area contributed by atoms with Crippen molar-refractivity contribution in [1.29, 1.82) is 0 Å². The van der Waals surface area contributed by atoms with Gasteiger partial charge in [-0.3, -0.25) is 0 Å². The van der Waals surface area contributed by atoms with Crippen molar-refractivity contribution in [3.8, 4) is 0 Å². The monoisotopic (exact) mass is 279 g/mol. The molecule has 0 unspecified atom stereocenters. The average Bonchev–Trinajstić information content (AvgIpc) is 2.43. The third kappa shape index (κ3) is 5.84. The molecule has 5 nitrogen and oxygen atoms in total. The SMILES string of the molecule is CN[C@@H](CC(C)C)C(=O)OC(=O)OCc1ccccc1. The van der Waals surface area contributed by atoms with Gasteiger partial charge in [0.25, 0.3) is 0 Å². The Balaban J connectivity index is 2.39. The quantitative estimate of drug-likeness (QED) is 0.640. The van der Waals surface area contributed by atoms with E-state index in [-0.39, 0.29) is 6.61 Å². The summed E-state index contributed by atoms with van der Waals surface area (Å²) < 4.78 is 9.55. The Morgan fingerprint density at radius 1 is 1.20 bits per heavy atom. The summed E-state index contributed by atoms with van der Waals surface area (Å²) in [4.78, 5) is 23.2. The zero-order chi connectivity index (χ0) is 15.0. The fraction of sp³-hybridized carbons (Fsp3) is 0.467. The van der Waals surface area contributed by atoms with Gasteiger partial charge < -0.3 is 14.8 Å². The minimum absolute atomic E-state index is 0.0847. The zero-order valence-corrected chi connectivity index (χ0v) is 12.1. The maximum absolute atomic E-state index is 11.7. The first-order chi connectivity index (χ1) is 9.52. The number of likely N-dealkylation sites (N-methyl/N-ethyl adjacent to an activating group) is 1. The van der Waals surface area contributed by atoms with Gasteiger partial charge in [-0.15, -0.1) is 0 Å². The van der Waals surface area contributed by atoms with Gasteiger partial charge in [0.15, 0.2) is 0 Å². The van der Waals surface area contributed by atoms with Crippen LogP contribution in [0, 0.1) is 5.92 Å². The molecule has 1 aromatic carbocycles. The molecule has 1 rings (SSSR count). The number of rotatable bonds is 6. The predicted molar refractivity (Wildman–Crippen MR) is 75.0 cm³/mol. The van der Waals surface area contributed by atoms with Gasteiger partial charge in [0.1, 0.15) is 12.6 Å². The van der Waals surface area contributed by atoms with Crippen LogP contribution in [0.3, 0.4) is 0 Å². The van der Waals surface area contributed by atoms with Crippen molar-refractivity contribution < 1.29 is 19.1 Å². The van der Waals surface area contributed by atoms with E-state index in [1.165, 1.54) is 0 Å². The molecular formula is C15H21NO4. The Kier molecular flexibility index (Phi) is 6.73. The van der Waals surface area contributed by atoms with Crippen LogP contribution in [-0.2, 0) is 20.9 Å². The largest absolute Gasteiger partial charge is 0.516 e. The Labute approximate surface area is 119 Å². The van der Waals surface area contributed by atoms with Crippen LogP contribution in [0.25, 0.3) is 0 Å². The molecule has 0 saturated heterocycles. The van der Waals surface area contributed by atoms with Gasteiger partial charge in [-0.2, -0.15) is 0 Å². The molecule has 0 aliphatic carbocycles. The lowest BCUT2D eigenvalue weighted by Gasteiger charge is -2.15. The highest BCUT2D eigenvalue weighted by Crippen LogP contribution is 2.07. The summed E-state index contributed by atoms with van der Waals surface area (Å²) in [6.07, 6.45) is -0.371. The van der Waals surface area contributed by atoms with Crippen LogP contribution in [0.4, 0.5) is 4.79 Å². The summed E-state index contributed by atoms with van der Waals surface area (Å²) in [5.74, 6) is -0.292. The van der Waals surface area contributed by atoms with Crippen LogP contribution in [0.15, 0.2) is 30.3 Å². The van der Waals surface area contributed by atoms with E-state index in [4.69, 9.17) is 4.74 Å². The molecule has 1 atom stereocenters. The highest BCUT2D eigenvalue weighted by molar-refractivity contribution is 5.85. The van der Waals surface area contributed by atoms with E-state index in [9.17, 15) is 9.59 Å². The standard InChI is InChI=1S/C15H21NO4/c1-11(2)9-13(16-3)14(17)20-15(18)19-10-12-7-5-4-6-8-12/h4-8,11,13,16H,9-10H2,1-3H3/t13-/m0/s1. The van der Waals surface area contributed by atoms with E-state index in [2.05, 4.69) is 10.1 Å². The summed E-state index contributed by atoms with van der Waals surface area (Å²) in [6.45, 7) is 4.07. The van der Waals surface area contributed by atoms with Gasteiger partial charge in [0.2, 0.25) is 0 Å². The molecule has 0 heterocycles. The summed E-state index contributed by atoms with van der Waals surface area (Å²) in [6, 6.07) is 8.70. The number of hydrogen-bond acceptors (Lipinski definition) is 5. The fourth-order valence-corrected chi connectivity index (χ4v) is 1.70. The first-order valence-corrected chi connectivity index (χ1v) is 6.62. The number of carbonyl (C=O) groups excluding carboxylic acids is 2. The highest BCUT2D eigenvalue weighted by atomic mass is 16.7. The van der Waals surface area contributed by atoms with Crippen molar-refractivity contribution in [3.63, 3.8) is 0 Å². The molecule has 0 fully saturated rings. The molecule has 20 heavy (non-hydrogen) atoms. The summed E-state index contributed by atoms with van der Waals surface area (Å²) in [5, 5.41) is 2.83. The van der Waals surface area contributed by atoms with Crippen LogP contribution in [0.1, 0.15) is 25.8 Å². The van der Waals surface area contributed by atoms with E-state index < -0.39 is 18.2 Å². The second-order valence-corrected chi connectivity index (χ2v) is 4.92. The topological polar surface area (TPSA) is 64.6 Å². The highest BCUT2D eigenvalue weighted by Gasteiger charge is 2.22. The second-order valence-electron chi connectivity index (χ2n) is 4.92. The molecule has 0 spiro atoms. The summed E-state index contributed by atoms with van der Waals surface area (Å²) in [5.41, 5.74) is 0.837. The lowest BCUT2D eigenvalue weighted by molar-refractivity contribution is -0.142. The molecule has 0 aliphatic heterocycles. The molecule has 0 saturated carbocycles. The first kappa shape index (κ1) is 16.2. The minimum atomic E-state index is -0.970. The van der Waals surface area contributed by atoms with Crippen molar-refractivity contribution in [2.24, 2.45) is 5.92 Å². The molecule has 0 aliphatic rings. The Hall–Kier alpha value is -1.88. The van der Waals surface area contributed by atoms with Gasteiger partial charge in [-0.25, -0.2) is 9.59 Å². The van der Waals surface area contributed by atoms with Crippen molar-refractivity contribution in [2.45, 2.75) is 32.9 Å². The summed E-state index contributed by atoms with van der Waals surface area (Å²) in [7, 11) is 1.66. The molecule has 0 bridgehead atoms. The lowest BCUT2D eigenvalue weighted by Crippen LogP contribution is -2.37. The number of benzene rings is 1. The fourth-order valence-electron chi connectivity index (χ4n) is 1.70. The van der Waals surface area contributed by atoms with Gasteiger partial charge in [-0.1, -0.05) is 44.2 Å². The molecule has 5 heteroatoms. The van der Waals surface area contributed by atoms with Crippen LogP contribution in [0.5, 0.6) is 0 Å². The summed E-state index contributed by atoms with van der Waals surface area (Å²) >= 11 is 0. The van der Waals surface area contributed by atoms with Gasteiger partial charge in [0.05, 0.1) is 0 Å². The van der Waals surface area contributed by atoms with Crippen molar-refractivity contribution in [3.05, 3.63) is 35.9 Å².